The SMILES string of the molecule is CC(C)CC(C)/C=C/CN. The quantitative estimate of drug-likeness (QED) is 0.597. The number of hydrogen-bond acceptors (Lipinski definition) is 1. The molecule has 0 radical (unpaired) electrons. The van der Waals surface area contributed by atoms with Gasteiger partial charge in [-0.15, -0.1) is 0 Å². The highest BCUT2D eigenvalue weighted by Crippen LogP contribution is 2.11. The molecule has 0 aromatic rings. The Morgan fingerprint density at radius 3 is 2.30 bits per heavy atom. The summed E-state index contributed by atoms with van der Waals surface area (Å²) in [5, 5.41) is 0. The Bertz CT molecular complexity index is 94.9. The molecule has 2 N–H and O–H groups in total. The molecule has 0 saturated carbocycles. The molecule has 1 heteroatoms. The molecule has 60 valence electrons. The van der Waals surface area contributed by atoms with Gasteiger partial charge in [-0.25, -0.2) is 0 Å². The van der Waals surface area contributed by atoms with Crippen LogP contribution < -0.4 is 5.73 Å². The minimum absolute atomic E-state index is 0.669. The molecule has 10 heavy (non-hydrogen) atoms. The van der Waals surface area contributed by atoms with Gasteiger partial charge in [0.2, 0.25) is 0 Å². The molecule has 0 fully saturated rings. The second kappa shape index (κ2) is 5.48. The van der Waals surface area contributed by atoms with E-state index in [0.29, 0.717) is 12.5 Å². The van der Waals surface area contributed by atoms with E-state index in [-0.39, 0.29) is 0 Å². The van der Waals surface area contributed by atoms with Crippen molar-refractivity contribution >= 4 is 0 Å². The van der Waals surface area contributed by atoms with Crippen LogP contribution in [0.1, 0.15) is 27.2 Å². The van der Waals surface area contributed by atoms with Gasteiger partial charge in [0.05, 0.1) is 0 Å². The lowest BCUT2D eigenvalue weighted by Crippen LogP contribution is -1.98. The predicted molar refractivity (Wildman–Crippen MR) is 46.8 cm³/mol. The van der Waals surface area contributed by atoms with E-state index in [4.69, 9.17) is 5.73 Å². The zero-order chi connectivity index (χ0) is 7.98. The molecule has 1 atom stereocenters. The van der Waals surface area contributed by atoms with Crippen LogP contribution in [0, 0.1) is 11.8 Å². The zero-order valence-electron chi connectivity index (χ0n) is 7.30. The Kier molecular flexibility index (Phi) is 5.32. The maximum absolute atomic E-state index is 5.32. The van der Waals surface area contributed by atoms with Gasteiger partial charge in [0.15, 0.2) is 0 Å². The topological polar surface area (TPSA) is 26.0 Å². The van der Waals surface area contributed by atoms with Gasteiger partial charge in [-0.1, -0.05) is 32.9 Å². The van der Waals surface area contributed by atoms with Crippen LogP contribution in [0.25, 0.3) is 0 Å². The maximum atomic E-state index is 5.32. The Morgan fingerprint density at radius 1 is 1.30 bits per heavy atom. The molecular weight excluding hydrogens is 122 g/mol. The summed E-state index contributed by atoms with van der Waals surface area (Å²) in [6.45, 7) is 7.38. The normalized spacial score (nSPS) is 14.9. The molecule has 0 amide bonds. The van der Waals surface area contributed by atoms with Crippen LogP contribution in [-0.2, 0) is 0 Å². The van der Waals surface area contributed by atoms with Crippen LogP contribution in [0.3, 0.4) is 0 Å². The molecule has 0 aliphatic rings. The van der Waals surface area contributed by atoms with Gasteiger partial charge < -0.3 is 5.73 Å². The molecule has 1 nitrogen and oxygen atoms in total. The molecule has 0 aromatic carbocycles. The maximum Gasteiger partial charge on any atom is 0.0106 e. The van der Waals surface area contributed by atoms with Gasteiger partial charge in [-0.2, -0.15) is 0 Å². The van der Waals surface area contributed by atoms with E-state index in [2.05, 4.69) is 26.8 Å². The standard InChI is InChI=1S/C9H19N/c1-8(2)7-9(3)5-4-6-10/h4-5,8-9H,6-7,10H2,1-3H3/b5-4+. The van der Waals surface area contributed by atoms with Crippen molar-refractivity contribution in [3.63, 3.8) is 0 Å². The van der Waals surface area contributed by atoms with E-state index < -0.39 is 0 Å². The van der Waals surface area contributed by atoms with Crippen molar-refractivity contribution in [1.29, 1.82) is 0 Å². The molecule has 1 unspecified atom stereocenters. The number of nitrogens with two attached hydrogens (primary N) is 1. The van der Waals surface area contributed by atoms with E-state index in [1.54, 1.807) is 0 Å². The molecule has 0 aromatic heterocycles. The summed E-state index contributed by atoms with van der Waals surface area (Å²) in [5.74, 6) is 1.47. The van der Waals surface area contributed by atoms with Gasteiger partial charge in [-0.3, -0.25) is 0 Å². The van der Waals surface area contributed by atoms with E-state index in [1.807, 2.05) is 6.08 Å². The largest absolute Gasteiger partial charge is 0.327 e. The van der Waals surface area contributed by atoms with E-state index >= 15 is 0 Å². The second-order valence-electron chi connectivity index (χ2n) is 3.27. The Balaban J connectivity index is 3.42. The number of rotatable bonds is 4. The first-order valence-corrected chi connectivity index (χ1v) is 4.03. The fourth-order valence-electron chi connectivity index (χ4n) is 1.13. The first-order chi connectivity index (χ1) is 4.66. The van der Waals surface area contributed by atoms with Crippen molar-refractivity contribution < 1.29 is 0 Å². The minimum atomic E-state index is 0.669. The summed E-state index contributed by atoms with van der Waals surface area (Å²) in [5.41, 5.74) is 5.32. The van der Waals surface area contributed by atoms with Crippen LogP contribution in [-0.4, -0.2) is 6.54 Å². The fraction of sp³-hybridized carbons (Fsp3) is 0.778. The van der Waals surface area contributed by atoms with Crippen molar-refractivity contribution in [2.24, 2.45) is 17.6 Å². The van der Waals surface area contributed by atoms with Gasteiger partial charge in [0.1, 0.15) is 0 Å². The smallest absolute Gasteiger partial charge is 0.0106 e. The first-order valence-electron chi connectivity index (χ1n) is 4.03. The third-order valence-corrected chi connectivity index (χ3v) is 1.44. The zero-order valence-corrected chi connectivity index (χ0v) is 7.30. The van der Waals surface area contributed by atoms with Crippen molar-refractivity contribution in [2.45, 2.75) is 27.2 Å². The molecule has 0 rings (SSSR count). The van der Waals surface area contributed by atoms with Crippen LogP contribution >= 0.6 is 0 Å². The lowest BCUT2D eigenvalue weighted by molar-refractivity contribution is 0.502. The highest BCUT2D eigenvalue weighted by molar-refractivity contribution is 4.87. The highest BCUT2D eigenvalue weighted by atomic mass is 14.5. The molecule has 0 heterocycles. The molecular formula is C9H19N. The number of hydrogen-bond donors (Lipinski definition) is 1. The Labute approximate surface area is 64.3 Å². The first kappa shape index (κ1) is 9.70. The monoisotopic (exact) mass is 141 g/mol. The summed E-state index contributed by atoms with van der Waals surface area (Å²) >= 11 is 0. The number of allylic oxidation sites excluding steroid dienone is 1. The Morgan fingerprint density at radius 2 is 1.90 bits per heavy atom. The van der Waals surface area contributed by atoms with Crippen molar-refractivity contribution in [1.82, 2.24) is 0 Å². The average Bonchev–Trinajstić information content (AvgIpc) is 1.82. The predicted octanol–water partition coefficient (Wildman–Crippen LogP) is 2.18. The molecule has 0 aliphatic heterocycles. The second-order valence-corrected chi connectivity index (χ2v) is 3.27. The highest BCUT2D eigenvalue weighted by Gasteiger charge is 1.99. The van der Waals surface area contributed by atoms with Crippen LogP contribution in [0.4, 0.5) is 0 Å². The van der Waals surface area contributed by atoms with Crippen LogP contribution in [0.2, 0.25) is 0 Å². The fourth-order valence-corrected chi connectivity index (χ4v) is 1.13. The summed E-state index contributed by atoms with van der Waals surface area (Å²) in [4.78, 5) is 0. The lowest BCUT2D eigenvalue weighted by atomic mass is 9.99. The van der Waals surface area contributed by atoms with Gasteiger partial charge >= 0.3 is 0 Å². The third-order valence-electron chi connectivity index (χ3n) is 1.44. The lowest BCUT2D eigenvalue weighted by Gasteiger charge is -2.08. The van der Waals surface area contributed by atoms with Crippen molar-refractivity contribution in [3.8, 4) is 0 Å². The van der Waals surface area contributed by atoms with Gasteiger partial charge in [0, 0.05) is 6.54 Å². The minimum Gasteiger partial charge on any atom is -0.327 e. The summed E-state index contributed by atoms with van der Waals surface area (Å²) < 4.78 is 0. The molecule has 0 saturated heterocycles. The van der Waals surface area contributed by atoms with Crippen molar-refractivity contribution in [2.75, 3.05) is 6.54 Å². The van der Waals surface area contributed by atoms with Gasteiger partial charge in [0.25, 0.3) is 0 Å². The van der Waals surface area contributed by atoms with Gasteiger partial charge in [-0.05, 0) is 18.3 Å². The third kappa shape index (κ3) is 5.83. The van der Waals surface area contributed by atoms with Crippen LogP contribution in [0.15, 0.2) is 12.2 Å². The molecule has 0 bridgehead atoms. The molecule has 0 spiro atoms. The van der Waals surface area contributed by atoms with Crippen molar-refractivity contribution in [3.05, 3.63) is 12.2 Å². The van der Waals surface area contributed by atoms with E-state index in [9.17, 15) is 0 Å². The summed E-state index contributed by atoms with van der Waals surface area (Å²) in [7, 11) is 0. The average molecular weight is 141 g/mol. The summed E-state index contributed by atoms with van der Waals surface area (Å²) in [6, 6.07) is 0. The molecule has 0 aliphatic carbocycles. The van der Waals surface area contributed by atoms with E-state index in [1.165, 1.54) is 6.42 Å². The van der Waals surface area contributed by atoms with E-state index in [0.717, 1.165) is 5.92 Å². The van der Waals surface area contributed by atoms with Crippen LogP contribution in [0.5, 0.6) is 0 Å². The summed E-state index contributed by atoms with van der Waals surface area (Å²) in [6.07, 6.45) is 5.49. The Hall–Kier alpha value is -0.300.